The largest absolute Gasteiger partial charge is 0.484 e. The molecule has 1 aliphatic rings. The van der Waals surface area contributed by atoms with E-state index in [4.69, 9.17) is 9.15 Å². The third kappa shape index (κ3) is 3.06. The molecule has 26 heavy (non-hydrogen) atoms. The maximum absolute atomic E-state index is 13.1. The van der Waals surface area contributed by atoms with Crippen molar-refractivity contribution in [1.29, 1.82) is 0 Å². The number of hydrogen-bond acceptors (Lipinski definition) is 4. The van der Waals surface area contributed by atoms with Crippen molar-refractivity contribution in [3.05, 3.63) is 77.8 Å². The van der Waals surface area contributed by atoms with E-state index < -0.39 is 0 Å². The van der Waals surface area contributed by atoms with Crippen LogP contribution in [0.1, 0.15) is 35.0 Å². The molecule has 1 aromatic heterocycles. The highest BCUT2D eigenvalue weighted by Crippen LogP contribution is 2.31. The van der Waals surface area contributed by atoms with Crippen LogP contribution in [0.2, 0.25) is 0 Å². The van der Waals surface area contributed by atoms with Crippen LogP contribution in [0.3, 0.4) is 0 Å². The number of carbonyl (C=O) groups excluding carboxylic acids is 1. The van der Waals surface area contributed by atoms with E-state index in [-0.39, 0.29) is 30.0 Å². The van der Waals surface area contributed by atoms with Crippen LogP contribution in [0.15, 0.2) is 59.0 Å². The van der Waals surface area contributed by atoms with Crippen LogP contribution >= 0.6 is 0 Å². The van der Waals surface area contributed by atoms with E-state index in [2.05, 4.69) is 4.98 Å². The molecule has 0 saturated heterocycles. The summed E-state index contributed by atoms with van der Waals surface area (Å²) in [5, 5.41) is 0. The predicted octanol–water partition coefficient (Wildman–Crippen LogP) is 4.16. The predicted molar refractivity (Wildman–Crippen MR) is 93.8 cm³/mol. The Bertz CT molecular complexity index is 922. The van der Waals surface area contributed by atoms with Crippen molar-refractivity contribution in [3.8, 4) is 5.75 Å². The molecule has 0 N–H and O–H groups in total. The summed E-state index contributed by atoms with van der Waals surface area (Å²) < 4.78 is 24.5. The molecule has 0 aliphatic carbocycles. The van der Waals surface area contributed by atoms with E-state index in [9.17, 15) is 9.18 Å². The molecule has 1 atom stereocenters. The Hall–Kier alpha value is -3.15. The average Bonchev–Trinajstić information content (AvgIpc) is 3.10. The van der Waals surface area contributed by atoms with Gasteiger partial charge in [0, 0.05) is 18.2 Å². The quantitative estimate of drug-likeness (QED) is 0.708. The van der Waals surface area contributed by atoms with Crippen LogP contribution in [0.25, 0.3) is 0 Å². The van der Waals surface area contributed by atoms with Gasteiger partial charge in [0.25, 0.3) is 5.91 Å². The first-order valence-electron chi connectivity index (χ1n) is 8.36. The molecule has 0 spiro atoms. The number of fused-ring (bicyclic) bond motifs is 1. The molecule has 3 aromatic rings. The Labute approximate surface area is 150 Å². The Morgan fingerprint density at radius 1 is 1.19 bits per heavy atom. The second kappa shape index (κ2) is 6.63. The molecule has 132 valence electrons. The van der Waals surface area contributed by atoms with Gasteiger partial charge in [0.05, 0.1) is 5.69 Å². The SMILES string of the molecule is CC1CN(c2ccc(F)cc2)C(=O)c2oc(COc3ccccc3)nc21. The Morgan fingerprint density at radius 3 is 2.65 bits per heavy atom. The normalized spacial score (nSPS) is 16.5. The lowest BCUT2D eigenvalue weighted by atomic mass is 10.00. The van der Waals surface area contributed by atoms with Gasteiger partial charge in [-0.05, 0) is 36.4 Å². The highest BCUT2D eigenvalue weighted by atomic mass is 19.1. The van der Waals surface area contributed by atoms with E-state index in [1.165, 1.54) is 12.1 Å². The van der Waals surface area contributed by atoms with Gasteiger partial charge in [0.2, 0.25) is 11.7 Å². The number of anilines is 1. The van der Waals surface area contributed by atoms with Gasteiger partial charge in [-0.3, -0.25) is 4.79 Å². The number of ether oxygens (including phenoxy) is 1. The van der Waals surface area contributed by atoms with E-state index in [1.54, 1.807) is 17.0 Å². The van der Waals surface area contributed by atoms with Crippen LogP contribution in [0, 0.1) is 5.82 Å². The minimum absolute atomic E-state index is 0.00183. The average molecular weight is 352 g/mol. The molecule has 0 radical (unpaired) electrons. The number of para-hydroxylation sites is 1. The fourth-order valence-electron chi connectivity index (χ4n) is 3.00. The number of nitrogens with zero attached hydrogens (tertiary/aromatic N) is 2. The second-order valence-corrected chi connectivity index (χ2v) is 6.22. The van der Waals surface area contributed by atoms with E-state index in [0.717, 1.165) is 0 Å². The molecule has 2 aromatic carbocycles. The fraction of sp³-hybridized carbons (Fsp3) is 0.200. The first kappa shape index (κ1) is 16.3. The monoisotopic (exact) mass is 352 g/mol. The molecule has 0 fully saturated rings. The van der Waals surface area contributed by atoms with Crippen LogP contribution in [-0.2, 0) is 6.61 Å². The van der Waals surface area contributed by atoms with E-state index in [0.29, 0.717) is 29.6 Å². The molecule has 1 unspecified atom stereocenters. The molecule has 4 rings (SSSR count). The number of aromatic nitrogens is 1. The maximum atomic E-state index is 13.1. The molecule has 6 heteroatoms. The molecule has 1 amide bonds. The van der Waals surface area contributed by atoms with Crippen LogP contribution in [0.4, 0.5) is 10.1 Å². The Balaban J connectivity index is 1.56. The van der Waals surface area contributed by atoms with E-state index in [1.807, 2.05) is 37.3 Å². The number of carbonyl (C=O) groups is 1. The molecule has 1 aliphatic heterocycles. The lowest BCUT2D eigenvalue weighted by Crippen LogP contribution is -2.39. The van der Waals surface area contributed by atoms with Crippen molar-refractivity contribution in [1.82, 2.24) is 4.98 Å². The van der Waals surface area contributed by atoms with Gasteiger partial charge < -0.3 is 14.1 Å². The highest BCUT2D eigenvalue weighted by Gasteiger charge is 2.35. The van der Waals surface area contributed by atoms with Crippen LogP contribution in [0.5, 0.6) is 5.75 Å². The first-order chi connectivity index (χ1) is 12.6. The van der Waals surface area contributed by atoms with Crippen molar-refractivity contribution in [3.63, 3.8) is 0 Å². The molecule has 0 saturated carbocycles. The van der Waals surface area contributed by atoms with Gasteiger partial charge in [-0.1, -0.05) is 25.1 Å². The van der Waals surface area contributed by atoms with Crippen molar-refractivity contribution in [2.45, 2.75) is 19.4 Å². The first-order valence-corrected chi connectivity index (χ1v) is 8.36. The number of amides is 1. The van der Waals surface area contributed by atoms with Gasteiger partial charge in [-0.15, -0.1) is 0 Å². The number of oxazole rings is 1. The van der Waals surface area contributed by atoms with Crippen LogP contribution < -0.4 is 9.64 Å². The number of hydrogen-bond donors (Lipinski definition) is 0. The zero-order chi connectivity index (χ0) is 18.1. The summed E-state index contributed by atoms with van der Waals surface area (Å²) in [7, 11) is 0. The Kier molecular flexibility index (Phi) is 4.16. The summed E-state index contributed by atoms with van der Waals surface area (Å²) in [4.78, 5) is 18.8. The van der Waals surface area contributed by atoms with Gasteiger partial charge in [0.1, 0.15) is 11.6 Å². The third-order valence-corrected chi connectivity index (χ3v) is 4.30. The minimum atomic E-state index is -0.341. The van der Waals surface area contributed by atoms with Gasteiger partial charge in [-0.25, -0.2) is 9.37 Å². The summed E-state index contributed by atoms with van der Waals surface area (Å²) in [5.74, 6) is 0.674. The zero-order valence-corrected chi connectivity index (χ0v) is 14.2. The van der Waals surface area contributed by atoms with Crippen molar-refractivity contribution in [2.24, 2.45) is 0 Å². The highest BCUT2D eigenvalue weighted by molar-refractivity contribution is 6.06. The minimum Gasteiger partial charge on any atom is -0.484 e. The van der Waals surface area contributed by atoms with Crippen molar-refractivity contribution < 1.29 is 18.3 Å². The summed E-state index contributed by atoms with van der Waals surface area (Å²) in [6, 6.07) is 15.2. The molecule has 5 nitrogen and oxygen atoms in total. The Morgan fingerprint density at radius 2 is 1.92 bits per heavy atom. The molecular weight excluding hydrogens is 335 g/mol. The summed E-state index contributed by atoms with van der Waals surface area (Å²) in [5.41, 5.74) is 1.27. The van der Waals surface area contributed by atoms with Gasteiger partial charge in [-0.2, -0.15) is 0 Å². The van der Waals surface area contributed by atoms with Gasteiger partial charge in [0.15, 0.2) is 6.61 Å². The zero-order valence-electron chi connectivity index (χ0n) is 14.2. The van der Waals surface area contributed by atoms with Crippen molar-refractivity contribution >= 4 is 11.6 Å². The third-order valence-electron chi connectivity index (χ3n) is 4.30. The number of halogens is 1. The van der Waals surface area contributed by atoms with Crippen molar-refractivity contribution in [2.75, 3.05) is 11.4 Å². The lowest BCUT2D eigenvalue weighted by molar-refractivity contribution is 0.0944. The second-order valence-electron chi connectivity index (χ2n) is 6.22. The fourth-order valence-corrected chi connectivity index (χ4v) is 3.00. The molecular formula is C20H17FN2O3. The number of benzene rings is 2. The molecule has 0 bridgehead atoms. The van der Waals surface area contributed by atoms with Gasteiger partial charge >= 0.3 is 0 Å². The van der Waals surface area contributed by atoms with Crippen LogP contribution in [-0.4, -0.2) is 17.4 Å². The van der Waals surface area contributed by atoms with E-state index >= 15 is 0 Å². The molecule has 2 heterocycles. The maximum Gasteiger partial charge on any atom is 0.296 e. The smallest absolute Gasteiger partial charge is 0.296 e. The lowest BCUT2D eigenvalue weighted by Gasteiger charge is -2.29. The number of rotatable bonds is 4. The summed E-state index contributed by atoms with van der Waals surface area (Å²) >= 11 is 0. The standard InChI is InChI=1S/C20H17FN2O3/c1-13-11-23(15-9-7-14(21)8-10-15)20(24)19-18(13)22-17(26-19)12-25-16-5-3-2-4-6-16/h2-10,13H,11-12H2,1H3. The summed E-state index contributed by atoms with van der Waals surface area (Å²) in [6.07, 6.45) is 0. The topological polar surface area (TPSA) is 55.6 Å². The summed E-state index contributed by atoms with van der Waals surface area (Å²) in [6.45, 7) is 2.59.